The molecule has 16 heavy (non-hydrogen) atoms. The van der Waals surface area contributed by atoms with Gasteiger partial charge in [0.1, 0.15) is 11.6 Å². The quantitative estimate of drug-likeness (QED) is 0.816. The molecule has 0 amide bonds. The average Bonchev–Trinajstić information content (AvgIpc) is 2.26. The number of hydrogen-bond donors (Lipinski definition) is 1. The number of halogens is 2. The standard InChI is InChI=1S/C13H17F2N/c1-9-5-6-10(16-8-9)7-11-12(14)3-2-4-13(11)15/h2-4,9-10,16H,5-8H2,1H3. The maximum Gasteiger partial charge on any atom is 0.129 e. The van der Waals surface area contributed by atoms with Crippen LogP contribution in [-0.2, 0) is 6.42 Å². The van der Waals surface area contributed by atoms with Gasteiger partial charge in [0.25, 0.3) is 0 Å². The average molecular weight is 225 g/mol. The van der Waals surface area contributed by atoms with Gasteiger partial charge in [-0.15, -0.1) is 0 Å². The number of hydrogen-bond acceptors (Lipinski definition) is 1. The van der Waals surface area contributed by atoms with Crippen LogP contribution in [0, 0.1) is 17.6 Å². The normalized spacial score (nSPS) is 25.7. The van der Waals surface area contributed by atoms with Crippen molar-refractivity contribution in [2.24, 2.45) is 5.92 Å². The lowest BCUT2D eigenvalue weighted by Crippen LogP contribution is -2.39. The van der Waals surface area contributed by atoms with Crippen molar-refractivity contribution in [3.05, 3.63) is 35.4 Å². The van der Waals surface area contributed by atoms with Crippen LogP contribution >= 0.6 is 0 Å². The van der Waals surface area contributed by atoms with Crippen molar-refractivity contribution in [2.45, 2.75) is 32.2 Å². The fourth-order valence-electron chi connectivity index (χ4n) is 2.21. The molecule has 88 valence electrons. The lowest BCUT2D eigenvalue weighted by Gasteiger charge is -2.28. The van der Waals surface area contributed by atoms with Gasteiger partial charge in [-0.2, -0.15) is 0 Å². The van der Waals surface area contributed by atoms with Crippen LogP contribution in [0.2, 0.25) is 0 Å². The Kier molecular flexibility index (Phi) is 3.54. The molecule has 1 aliphatic rings. The monoisotopic (exact) mass is 225 g/mol. The summed E-state index contributed by atoms with van der Waals surface area (Å²) in [5.74, 6) is -0.192. The van der Waals surface area contributed by atoms with Gasteiger partial charge in [-0.05, 0) is 43.9 Å². The molecule has 1 aliphatic heterocycles. The van der Waals surface area contributed by atoms with Gasteiger partial charge < -0.3 is 5.32 Å². The molecule has 1 fully saturated rings. The second-order valence-electron chi connectivity index (χ2n) is 4.69. The first-order valence-electron chi connectivity index (χ1n) is 5.83. The fourth-order valence-corrected chi connectivity index (χ4v) is 2.21. The molecule has 1 N–H and O–H groups in total. The van der Waals surface area contributed by atoms with E-state index >= 15 is 0 Å². The third kappa shape index (κ3) is 2.59. The fraction of sp³-hybridized carbons (Fsp3) is 0.538. The minimum absolute atomic E-state index is 0.211. The molecule has 0 bridgehead atoms. The summed E-state index contributed by atoms with van der Waals surface area (Å²) in [6.45, 7) is 3.13. The van der Waals surface area contributed by atoms with Crippen molar-refractivity contribution >= 4 is 0 Å². The molecule has 1 aromatic carbocycles. The molecule has 1 aromatic rings. The molecule has 1 heterocycles. The molecule has 0 spiro atoms. The molecular formula is C13H17F2N. The third-order valence-electron chi connectivity index (χ3n) is 3.28. The first-order chi connectivity index (χ1) is 7.66. The summed E-state index contributed by atoms with van der Waals surface area (Å²) < 4.78 is 26.8. The summed E-state index contributed by atoms with van der Waals surface area (Å²) in [5, 5.41) is 3.34. The first kappa shape index (κ1) is 11.5. The summed E-state index contributed by atoms with van der Waals surface area (Å²) >= 11 is 0. The largest absolute Gasteiger partial charge is 0.313 e. The molecule has 1 saturated heterocycles. The van der Waals surface area contributed by atoms with Crippen molar-refractivity contribution in [2.75, 3.05) is 6.54 Å². The molecule has 2 atom stereocenters. The van der Waals surface area contributed by atoms with Gasteiger partial charge in [-0.3, -0.25) is 0 Å². The van der Waals surface area contributed by atoms with Crippen molar-refractivity contribution in [1.29, 1.82) is 0 Å². The Balaban J connectivity index is 2.04. The van der Waals surface area contributed by atoms with E-state index in [2.05, 4.69) is 12.2 Å². The number of benzene rings is 1. The zero-order chi connectivity index (χ0) is 11.5. The van der Waals surface area contributed by atoms with E-state index in [1.165, 1.54) is 18.2 Å². The molecule has 0 radical (unpaired) electrons. The Morgan fingerprint density at radius 1 is 1.25 bits per heavy atom. The van der Waals surface area contributed by atoms with E-state index < -0.39 is 11.6 Å². The number of piperidine rings is 1. The summed E-state index contributed by atoms with van der Waals surface area (Å²) in [6, 6.07) is 4.26. The van der Waals surface area contributed by atoms with Crippen LogP contribution in [0.3, 0.4) is 0 Å². The van der Waals surface area contributed by atoms with Crippen molar-refractivity contribution in [1.82, 2.24) is 5.32 Å². The van der Waals surface area contributed by atoms with E-state index in [4.69, 9.17) is 0 Å². The second kappa shape index (κ2) is 4.91. The van der Waals surface area contributed by atoms with Gasteiger partial charge in [0.15, 0.2) is 0 Å². The highest BCUT2D eigenvalue weighted by atomic mass is 19.1. The number of rotatable bonds is 2. The van der Waals surface area contributed by atoms with Gasteiger partial charge in [-0.25, -0.2) is 8.78 Å². The smallest absolute Gasteiger partial charge is 0.129 e. The van der Waals surface area contributed by atoms with E-state index in [0.29, 0.717) is 12.3 Å². The van der Waals surface area contributed by atoms with E-state index in [0.717, 1.165) is 19.4 Å². The third-order valence-corrected chi connectivity index (χ3v) is 3.28. The Morgan fingerprint density at radius 3 is 2.50 bits per heavy atom. The molecule has 2 rings (SSSR count). The lowest BCUT2D eigenvalue weighted by molar-refractivity contribution is 0.322. The summed E-state index contributed by atoms with van der Waals surface area (Å²) in [7, 11) is 0. The zero-order valence-corrected chi connectivity index (χ0v) is 9.47. The minimum Gasteiger partial charge on any atom is -0.313 e. The lowest BCUT2D eigenvalue weighted by atomic mass is 9.92. The maximum absolute atomic E-state index is 13.4. The highest BCUT2D eigenvalue weighted by Crippen LogP contribution is 2.20. The Morgan fingerprint density at radius 2 is 1.94 bits per heavy atom. The summed E-state index contributed by atoms with van der Waals surface area (Å²) in [5.41, 5.74) is 0.217. The van der Waals surface area contributed by atoms with Gasteiger partial charge >= 0.3 is 0 Å². The molecule has 1 nitrogen and oxygen atoms in total. The van der Waals surface area contributed by atoms with Crippen LogP contribution in [0.15, 0.2) is 18.2 Å². The van der Waals surface area contributed by atoms with E-state index in [1.807, 2.05) is 0 Å². The van der Waals surface area contributed by atoms with Crippen LogP contribution in [0.25, 0.3) is 0 Å². The topological polar surface area (TPSA) is 12.0 Å². The van der Waals surface area contributed by atoms with Crippen LogP contribution in [0.5, 0.6) is 0 Å². The highest BCUT2D eigenvalue weighted by molar-refractivity contribution is 5.20. The van der Waals surface area contributed by atoms with Crippen LogP contribution in [-0.4, -0.2) is 12.6 Å². The Labute approximate surface area is 94.9 Å². The predicted molar refractivity (Wildman–Crippen MR) is 60.3 cm³/mol. The van der Waals surface area contributed by atoms with Gasteiger partial charge in [0.2, 0.25) is 0 Å². The number of nitrogens with one attached hydrogen (secondary N) is 1. The van der Waals surface area contributed by atoms with Gasteiger partial charge in [-0.1, -0.05) is 13.0 Å². The maximum atomic E-state index is 13.4. The Hall–Kier alpha value is -0.960. The predicted octanol–water partition coefficient (Wildman–Crippen LogP) is 2.90. The second-order valence-corrected chi connectivity index (χ2v) is 4.69. The molecule has 0 aliphatic carbocycles. The van der Waals surface area contributed by atoms with Crippen LogP contribution in [0.1, 0.15) is 25.3 Å². The van der Waals surface area contributed by atoms with E-state index in [-0.39, 0.29) is 11.6 Å². The molecule has 3 heteroatoms. The SMILES string of the molecule is CC1CCC(Cc2c(F)cccc2F)NC1. The highest BCUT2D eigenvalue weighted by Gasteiger charge is 2.20. The van der Waals surface area contributed by atoms with E-state index in [9.17, 15) is 8.78 Å². The molecule has 0 saturated carbocycles. The minimum atomic E-state index is -0.430. The van der Waals surface area contributed by atoms with Gasteiger partial charge in [0, 0.05) is 11.6 Å². The first-order valence-corrected chi connectivity index (χ1v) is 5.83. The van der Waals surface area contributed by atoms with Crippen LogP contribution < -0.4 is 5.32 Å². The summed E-state index contributed by atoms with van der Waals surface area (Å²) in [4.78, 5) is 0. The Bertz CT molecular complexity index is 337. The zero-order valence-electron chi connectivity index (χ0n) is 9.47. The van der Waals surface area contributed by atoms with Gasteiger partial charge in [0.05, 0.1) is 0 Å². The van der Waals surface area contributed by atoms with E-state index in [1.54, 1.807) is 0 Å². The van der Waals surface area contributed by atoms with Crippen molar-refractivity contribution in [3.8, 4) is 0 Å². The molecule has 2 unspecified atom stereocenters. The molecular weight excluding hydrogens is 208 g/mol. The molecule has 0 aromatic heterocycles. The summed E-state index contributed by atoms with van der Waals surface area (Å²) in [6.07, 6.45) is 2.58. The van der Waals surface area contributed by atoms with Crippen molar-refractivity contribution in [3.63, 3.8) is 0 Å². The van der Waals surface area contributed by atoms with Crippen LogP contribution in [0.4, 0.5) is 8.78 Å². The van der Waals surface area contributed by atoms with Crippen molar-refractivity contribution < 1.29 is 8.78 Å².